The number of hydrogen-bond donors (Lipinski definition) is 2. The molecule has 2 atom stereocenters. The fourth-order valence-electron chi connectivity index (χ4n) is 3.37. The lowest BCUT2D eigenvalue weighted by Gasteiger charge is -2.24. The van der Waals surface area contributed by atoms with Gasteiger partial charge in [0.2, 0.25) is 0 Å². The highest BCUT2D eigenvalue weighted by Crippen LogP contribution is 2.21. The smallest absolute Gasteiger partial charge is 0.327 e. The van der Waals surface area contributed by atoms with Gasteiger partial charge in [-0.25, -0.2) is 18.9 Å². The topological polar surface area (TPSA) is 95.9 Å². The first kappa shape index (κ1) is 21.4. The van der Waals surface area contributed by atoms with E-state index in [2.05, 4.69) is 5.32 Å². The number of rotatable bonds is 8. The third-order valence-electron chi connectivity index (χ3n) is 4.88. The molecule has 1 fully saturated rings. The summed E-state index contributed by atoms with van der Waals surface area (Å²) >= 11 is 0. The zero-order chi connectivity index (χ0) is 21.8. The third-order valence-corrected chi connectivity index (χ3v) is 4.88. The number of urea groups is 1. The first-order valence-electron chi connectivity index (χ1n) is 9.57. The molecule has 3 amide bonds. The second kappa shape index (κ2) is 9.04. The maximum Gasteiger partial charge on any atom is 0.327 e. The van der Waals surface area contributed by atoms with Gasteiger partial charge in [-0.2, -0.15) is 0 Å². The first-order valence-corrected chi connectivity index (χ1v) is 9.57. The number of carbonyl (C=O) groups excluding carboxylic acids is 2. The Morgan fingerprint density at radius 2 is 1.87 bits per heavy atom. The zero-order valence-electron chi connectivity index (χ0n) is 16.7. The summed E-state index contributed by atoms with van der Waals surface area (Å²) in [7, 11) is 0. The number of aliphatic carboxylic acids is 1. The molecule has 2 N–H and O–H groups in total. The molecule has 8 heteroatoms. The molecule has 0 spiro atoms. The minimum atomic E-state index is -1.23. The van der Waals surface area contributed by atoms with Crippen molar-refractivity contribution in [2.24, 2.45) is 5.92 Å². The van der Waals surface area contributed by atoms with Crippen molar-refractivity contribution in [3.05, 3.63) is 59.9 Å². The van der Waals surface area contributed by atoms with E-state index in [1.807, 2.05) is 30.3 Å². The number of carboxylic acid groups (broad SMARTS) is 1. The number of imide groups is 1. The number of carboxylic acids is 1. The van der Waals surface area contributed by atoms with Gasteiger partial charge in [-0.05, 0) is 34.7 Å². The highest BCUT2D eigenvalue weighted by atomic mass is 19.1. The summed E-state index contributed by atoms with van der Waals surface area (Å²) in [4.78, 5) is 36.8. The van der Waals surface area contributed by atoms with E-state index in [-0.39, 0.29) is 19.0 Å². The lowest BCUT2D eigenvalue weighted by atomic mass is 10.0. The monoisotopic (exact) mass is 414 g/mol. The van der Waals surface area contributed by atoms with Gasteiger partial charge in [0.05, 0.1) is 13.2 Å². The van der Waals surface area contributed by atoms with Crippen LogP contribution in [-0.2, 0) is 20.9 Å². The summed E-state index contributed by atoms with van der Waals surface area (Å²) < 4.78 is 18.9. The van der Waals surface area contributed by atoms with Gasteiger partial charge in [-0.15, -0.1) is 0 Å². The largest absolute Gasteiger partial charge is 0.480 e. The number of amides is 3. The maximum atomic E-state index is 13.4. The van der Waals surface area contributed by atoms with Crippen LogP contribution in [0.1, 0.15) is 19.4 Å². The van der Waals surface area contributed by atoms with Gasteiger partial charge in [0, 0.05) is 0 Å². The van der Waals surface area contributed by atoms with E-state index in [4.69, 9.17) is 4.74 Å². The van der Waals surface area contributed by atoms with Gasteiger partial charge in [0.1, 0.15) is 17.9 Å². The number of benzene rings is 2. The predicted molar refractivity (Wildman–Crippen MR) is 107 cm³/mol. The van der Waals surface area contributed by atoms with Crippen LogP contribution in [-0.4, -0.2) is 46.6 Å². The van der Waals surface area contributed by atoms with Crippen molar-refractivity contribution in [3.8, 4) is 11.1 Å². The molecule has 0 bridgehead atoms. The van der Waals surface area contributed by atoms with Crippen LogP contribution in [0.3, 0.4) is 0 Å². The second-order valence-electron chi connectivity index (χ2n) is 7.46. The minimum absolute atomic E-state index is 0.0723. The molecule has 0 aliphatic carbocycles. The number of hydrogen-bond acceptors (Lipinski definition) is 4. The molecule has 1 heterocycles. The van der Waals surface area contributed by atoms with Crippen LogP contribution in [0.25, 0.3) is 11.1 Å². The summed E-state index contributed by atoms with van der Waals surface area (Å²) in [6.45, 7) is 3.40. The molecule has 2 unspecified atom stereocenters. The molecule has 2 aromatic carbocycles. The van der Waals surface area contributed by atoms with E-state index in [9.17, 15) is 23.9 Å². The molecule has 1 aliphatic heterocycles. The number of carbonyl (C=O) groups is 3. The van der Waals surface area contributed by atoms with Crippen LogP contribution < -0.4 is 5.32 Å². The van der Waals surface area contributed by atoms with Crippen molar-refractivity contribution in [2.45, 2.75) is 32.5 Å². The Morgan fingerprint density at radius 3 is 2.47 bits per heavy atom. The van der Waals surface area contributed by atoms with E-state index >= 15 is 0 Å². The molecule has 0 radical (unpaired) electrons. The zero-order valence-corrected chi connectivity index (χ0v) is 16.7. The fourth-order valence-corrected chi connectivity index (χ4v) is 3.37. The molecule has 7 nitrogen and oxygen atoms in total. The fraction of sp³-hybridized carbons (Fsp3) is 0.318. The molecular weight excluding hydrogens is 391 g/mol. The predicted octanol–water partition coefficient (Wildman–Crippen LogP) is 3.04. The van der Waals surface area contributed by atoms with Crippen molar-refractivity contribution < 1.29 is 28.6 Å². The van der Waals surface area contributed by atoms with Crippen LogP contribution in [0.4, 0.5) is 9.18 Å². The Morgan fingerprint density at radius 1 is 1.17 bits per heavy atom. The lowest BCUT2D eigenvalue weighted by molar-refractivity contribution is -0.148. The van der Waals surface area contributed by atoms with E-state index in [1.54, 1.807) is 19.9 Å². The molecule has 3 rings (SSSR count). The lowest BCUT2D eigenvalue weighted by Crippen LogP contribution is -2.48. The summed E-state index contributed by atoms with van der Waals surface area (Å²) in [6.07, 6.45) is 0. The van der Waals surface area contributed by atoms with Crippen LogP contribution in [0, 0.1) is 11.7 Å². The average molecular weight is 414 g/mol. The van der Waals surface area contributed by atoms with Crippen molar-refractivity contribution in [2.75, 3.05) is 6.61 Å². The van der Waals surface area contributed by atoms with Crippen LogP contribution in [0.15, 0.2) is 48.5 Å². The van der Waals surface area contributed by atoms with Crippen molar-refractivity contribution >= 4 is 17.9 Å². The second-order valence-corrected chi connectivity index (χ2v) is 7.46. The Bertz CT molecular complexity index is 945. The first-order chi connectivity index (χ1) is 14.3. The molecule has 30 heavy (non-hydrogen) atoms. The summed E-state index contributed by atoms with van der Waals surface area (Å²) in [6, 6.07) is 10.8. The molecule has 1 aliphatic rings. The molecule has 158 valence electrons. The SMILES string of the molecule is CC(C)C(C(=O)O)N1C(=O)NC(COCc2ccc(-c3cccc(F)c3)cc2)C1=O. The van der Waals surface area contributed by atoms with E-state index < -0.39 is 35.9 Å². The van der Waals surface area contributed by atoms with Crippen LogP contribution in [0.2, 0.25) is 0 Å². The Labute approximate surface area is 173 Å². The minimum Gasteiger partial charge on any atom is -0.480 e. The van der Waals surface area contributed by atoms with Gasteiger partial charge in [-0.1, -0.05) is 50.2 Å². The van der Waals surface area contributed by atoms with E-state index in [1.165, 1.54) is 12.1 Å². The summed E-state index contributed by atoms with van der Waals surface area (Å²) in [5, 5.41) is 11.8. The Hall–Kier alpha value is -3.26. The van der Waals surface area contributed by atoms with Crippen molar-refractivity contribution in [1.82, 2.24) is 10.2 Å². The average Bonchev–Trinajstić information content (AvgIpc) is 2.96. The van der Waals surface area contributed by atoms with E-state index in [0.29, 0.717) is 0 Å². The molecular formula is C22H23FN2O5. The third kappa shape index (κ3) is 4.65. The van der Waals surface area contributed by atoms with E-state index in [0.717, 1.165) is 21.6 Å². The van der Waals surface area contributed by atoms with Gasteiger partial charge < -0.3 is 15.2 Å². The number of halogens is 1. The molecule has 0 saturated carbocycles. The number of nitrogens with zero attached hydrogens (tertiary/aromatic N) is 1. The summed E-state index contributed by atoms with van der Waals surface area (Å²) in [5.41, 5.74) is 2.47. The quantitative estimate of drug-likeness (QED) is 0.648. The van der Waals surface area contributed by atoms with Gasteiger partial charge in [-0.3, -0.25) is 4.79 Å². The van der Waals surface area contributed by atoms with Gasteiger partial charge in [0.25, 0.3) is 5.91 Å². The van der Waals surface area contributed by atoms with Crippen LogP contribution >= 0.6 is 0 Å². The normalized spacial score (nSPS) is 17.3. The van der Waals surface area contributed by atoms with Crippen molar-refractivity contribution in [1.29, 1.82) is 0 Å². The Kier molecular flexibility index (Phi) is 6.47. The number of ether oxygens (including phenoxy) is 1. The Balaban J connectivity index is 1.57. The standard InChI is InChI=1S/C22H23FN2O5/c1-13(2)19(21(27)28)25-20(26)18(24-22(25)29)12-30-11-14-6-8-15(9-7-14)16-4-3-5-17(23)10-16/h3-10,13,18-19H,11-12H2,1-2H3,(H,24,29)(H,27,28). The molecule has 1 saturated heterocycles. The highest BCUT2D eigenvalue weighted by Gasteiger charge is 2.45. The molecule has 0 aromatic heterocycles. The highest BCUT2D eigenvalue weighted by molar-refractivity contribution is 6.07. The van der Waals surface area contributed by atoms with Gasteiger partial charge in [0.15, 0.2) is 0 Å². The van der Waals surface area contributed by atoms with Crippen LogP contribution in [0.5, 0.6) is 0 Å². The van der Waals surface area contributed by atoms with Crippen molar-refractivity contribution in [3.63, 3.8) is 0 Å². The summed E-state index contributed by atoms with van der Waals surface area (Å²) in [5.74, 6) is -2.57. The van der Waals surface area contributed by atoms with Gasteiger partial charge >= 0.3 is 12.0 Å². The maximum absolute atomic E-state index is 13.4. The number of nitrogens with one attached hydrogen (secondary N) is 1. The molecule has 2 aromatic rings.